The highest BCUT2D eigenvalue weighted by molar-refractivity contribution is 6.42. The molecule has 0 aromatic heterocycles. The number of amides is 2. The zero-order chi connectivity index (χ0) is 19.7. The summed E-state index contributed by atoms with van der Waals surface area (Å²) in [4.78, 5) is 24.8. The molecule has 0 radical (unpaired) electrons. The highest BCUT2D eigenvalue weighted by Crippen LogP contribution is 2.36. The number of benzene rings is 3. The third-order valence-corrected chi connectivity index (χ3v) is 5.00. The second-order valence-corrected chi connectivity index (χ2v) is 7.01. The predicted molar refractivity (Wildman–Crippen MR) is 109 cm³/mol. The molecule has 7 heteroatoms. The summed E-state index contributed by atoms with van der Waals surface area (Å²) in [5.41, 5.74) is 2.14. The van der Waals surface area contributed by atoms with E-state index in [0.29, 0.717) is 32.7 Å². The number of halogens is 2. The van der Waals surface area contributed by atoms with E-state index >= 15 is 0 Å². The van der Waals surface area contributed by atoms with Gasteiger partial charge in [0, 0.05) is 16.8 Å². The van der Waals surface area contributed by atoms with E-state index in [1.54, 1.807) is 30.3 Å². The molecule has 4 rings (SSSR count). The first-order valence-electron chi connectivity index (χ1n) is 8.44. The van der Waals surface area contributed by atoms with Gasteiger partial charge in [-0.2, -0.15) is 0 Å². The number of nitrogens with one attached hydrogen (secondary N) is 2. The van der Waals surface area contributed by atoms with Crippen LogP contribution in [0.15, 0.2) is 66.7 Å². The Bertz CT molecular complexity index is 1070. The molecule has 3 aromatic rings. The van der Waals surface area contributed by atoms with Gasteiger partial charge in [-0.15, -0.1) is 0 Å². The highest BCUT2D eigenvalue weighted by Gasteiger charge is 2.29. The van der Waals surface area contributed by atoms with Crippen molar-refractivity contribution in [1.82, 2.24) is 0 Å². The molecule has 0 aliphatic carbocycles. The molecule has 0 fully saturated rings. The molecule has 1 aliphatic rings. The number of hydrogen-bond donors (Lipinski definition) is 2. The van der Waals surface area contributed by atoms with E-state index < -0.39 is 6.10 Å². The molecule has 5 nitrogen and oxygen atoms in total. The van der Waals surface area contributed by atoms with Crippen LogP contribution in [0.2, 0.25) is 10.0 Å². The fraction of sp³-hybridized carbons (Fsp3) is 0.0476. The van der Waals surface area contributed by atoms with Gasteiger partial charge in [0.25, 0.3) is 11.8 Å². The van der Waals surface area contributed by atoms with E-state index in [2.05, 4.69) is 10.6 Å². The second kappa shape index (κ2) is 7.54. The molecule has 28 heavy (non-hydrogen) atoms. The van der Waals surface area contributed by atoms with Crippen molar-refractivity contribution in [2.45, 2.75) is 6.10 Å². The normalized spacial score (nSPS) is 15.2. The number of anilines is 2. The molecule has 0 bridgehead atoms. The standard InChI is InChI=1S/C21H14Cl2N2O3/c22-15-8-6-13(10-16(15)23)20(26)24-14-7-9-18-17(11-14)25-21(27)19(28-18)12-4-2-1-3-5-12/h1-11,19H,(H,24,26)(H,25,27). The van der Waals surface area contributed by atoms with Crippen LogP contribution in [0.4, 0.5) is 11.4 Å². The van der Waals surface area contributed by atoms with Crippen LogP contribution in [-0.4, -0.2) is 11.8 Å². The average molecular weight is 413 g/mol. The fourth-order valence-corrected chi connectivity index (χ4v) is 3.17. The Morgan fingerprint density at radius 1 is 0.964 bits per heavy atom. The Morgan fingerprint density at radius 3 is 2.50 bits per heavy atom. The van der Waals surface area contributed by atoms with Gasteiger partial charge in [0.1, 0.15) is 5.75 Å². The average Bonchev–Trinajstić information content (AvgIpc) is 2.70. The van der Waals surface area contributed by atoms with Gasteiger partial charge in [0.15, 0.2) is 0 Å². The summed E-state index contributed by atoms with van der Waals surface area (Å²) < 4.78 is 5.85. The third-order valence-electron chi connectivity index (χ3n) is 4.26. The second-order valence-electron chi connectivity index (χ2n) is 6.19. The van der Waals surface area contributed by atoms with E-state index in [1.807, 2.05) is 30.3 Å². The van der Waals surface area contributed by atoms with Crippen molar-refractivity contribution >= 4 is 46.4 Å². The number of carbonyl (C=O) groups excluding carboxylic acids is 2. The van der Waals surface area contributed by atoms with Gasteiger partial charge in [-0.05, 0) is 36.4 Å². The van der Waals surface area contributed by atoms with Crippen LogP contribution in [0.5, 0.6) is 5.75 Å². The Balaban J connectivity index is 1.53. The van der Waals surface area contributed by atoms with Crippen LogP contribution in [-0.2, 0) is 4.79 Å². The van der Waals surface area contributed by atoms with Gasteiger partial charge < -0.3 is 15.4 Å². The molecule has 2 N–H and O–H groups in total. The first-order valence-corrected chi connectivity index (χ1v) is 9.20. The lowest BCUT2D eigenvalue weighted by molar-refractivity contribution is -0.123. The summed E-state index contributed by atoms with van der Waals surface area (Å²) in [6.45, 7) is 0. The molecule has 1 atom stereocenters. The Kier molecular flexibility index (Phi) is 4.94. The van der Waals surface area contributed by atoms with Crippen molar-refractivity contribution in [2.24, 2.45) is 0 Å². The van der Waals surface area contributed by atoms with Crippen LogP contribution >= 0.6 is 23.2 Å². The molecule has 1 unspecified atom stereocenters. The molecular formula is C21H14Cl2N2O3. The van der Waals surface area contributed by atoms with Gasteiger partial charge in [0.05, 0.1) is 15.7 Å². The van der Waals surface area contributed by atoms with Gasteiger partial charge in [0.2, 0.25) is 6.10 Å². The molecule has 0 saturated heterocycles. The lowest BCUT2D eigenvalue weighted by atomic mass is 10.1. The van der Waals surface area contributed by atoms with Crippen molar-refractivity contribution in [1.29, 1.82) is 0 Å². The number of rotatable bonds is 3. The van der Waals surface area contributed by atoms with Crippen molar-refractivity contribution in [3.05, 3.63) is 87.9 Å². The molecular weight excluding hydrogens is 399 g/mol. The monoisotopic (exact) mass is 412 g/mol. The minimum atomic E-state index is -0.717. The topological polar surface area (TPSA) is 67.4 Å². The number of carbonyl (C=O) groups is 2. The molecule has 3 aromatic carbocycles. The Labute approximate surface area is 171 Å². The van der Waals surface area contributed by atoms with Gasteiger partial charge in [-0.3, -0.25) is 9.59 Å². The largest absolute Gasteiger partial charge is 0.474 e. The fourth-order valence-electron chi connectivity index (χ4n) is 2.87. The Hall–Kier alpha value is -3.02. The lowest BCUT2D eigenvalue weighted by Crippen LogP contribution is -2.30. The molecule has 140 valence electrons. The van der Waals surface area contributed by atoms with E-state index in [1.165, 1.54) is 6.07 Å². The quantitative estimate of drug-likeness (QED) is 0.611. The summed E-state index contributed by atoms with van der Waals surface area (Å²) in [6.07, 6.45) is -0.717. The molecule has 1 heterocycles. The summed E-state index contributed by atoms with van der Waals surface area (Å²) >= 11 is 11.8. The van der Waals surface area contributed by atoms with E-state index in [4.69, 9.17) is 27.9 Å². The minimum Gasteiger partial charge on any atom is -0.474 e. The van der Waals surface area contributed by atoms with Crippen molar-refractivity contribution in [3.63, 3.8) is 0 Å². The third kappa shape index (κ3) is 3.67. The predicted octanol–water partition coefficient (Wildman–Crippen LogP) is 5.32. The maximum atomic E-state index is 12.4. The van der Waals surface area contributed by atoms with Gasteiger partial charge >= 0.3 is 0 Å². The minimum absolute atomic E-state index is 0.272. The van der Waals surface area contributed by atoms with Gasteiger partial charge in [-0.25, -0.2) is 0 Å². The summed E-state index contributed by atoms with van der Waals surface area (Å²) in [5, 5.41) is 6.26. The molecule has 2 amide bonds. The number of hydrogen-bond acceptors (Lipinski definition) is 3. The highest BCUT2D eigenvalue weighted by atomic mass is 35.5. The number of fused-ring (bicyclic) bond motifs is 1. The SMILES string of the molecule is O=C(Nc1ccc2c(c1)NC(=O)C(c1ccccc1)O2)c1ccc(Cl)c(Cl)c1. The summed E-state index contributed by atoms with van der Waals surface area (Å²) in [7, 11) is 0. The zero-order valence-corrected chi connectivity index (χ0v) is 15.9. The van der Waals surface area contributed by atoms with E-state index in [9.17, 15) is 9.59 Å². The van der Waals surface area contributed by atoms with E-state index in [-0.39, 0.29) is 11.8 Å². The van der Waals surface area contributed by atoms with Crippen LogP contribution < -0.4 is 15.4 Å². The van der Waals surface area contributed by atoms with Crippen molar-refractivity contribution in [2.75, 3.05) is 10.6 Å². The van der Waals surface area contributed by atoms with E-state index in [0.717, 1.165) is 5.56 Å². The smallest absolute Gasteiger partial charge is 0.270 e. The zero-order valence-electron chi connectivity index (χ0n) is 14.4. The first kappa shape index (κ1) is 18.3. The van der Waals surface area contributed by atoms with Crippen LogP contribution in [0.3, 0.4) is 0 Å². The number of ether oxygens (including phenoxy) is 1. The molecule has 1 aliphatic heterocycles. The Morgan fingerprint density at radius 2 is 1.75 bits per heavy atom. The molecule has 0 spiro atoms. The maximum absolute atomic E-state index is 12.4. The van der Waals surface area contributed by atoms with Gasteiger partial charge in [-0.1, -0.05) is 53.5 Å². The van der Waals surface area contributed by atoms with Crippen molar-refractivity contribution < 1.29 is 14.3 Å². The maximum Gasteiger partial charge on any atom is 0.270 e. The first-order chi connectivity index (χ1) is 13.5. The van der Waals surface area contributed by atoms with Crippen LogP contribution in [0.1, 0.15) is 22.0 Å². The molecule has 0 saturated carbocycles. The summed E-state index contributed by atoms with van der Waals surface area (Å²) in [5.74, 6) is -0.0867. The lowest BCUT2D eigenvalue weighted by Gasteiger charge is -2.26. The summed E-state index contributed by atoms with van der Waals surface area (Å²) in [6, 6.07) is 18.9. The van der Waals surface area contributed by atoms with Crippen LogP contribution in [0, 0.1) is 0 Å². The van der Waals surface area contributed by atoms with Crippen LogP contribution in [0.25, 0.3) is 0 Å². The van der Waals surface area contributed by atoms with Crippen molar-refractivity contribution in [3.8, 4) is 5.75 Å².